The number of hydrogen-bond acceptors (Lipinski definition) is 6. The van der Waals surface area contributed by atoms with Gasteiger partial charge in [0, 0.05) is 18.7 Å². The number of ether oxygens (including phenoxy) is 2. The number of carbonyl (C=O) groups excluding carboxylic acids is 1. The quantitative estimate of drug-likeness (QED) is 0.713. The summed E-state index contributed by atoms with van der Waals surface area (Å²) in [7, 11) is 0. The molecule has 11 heteroatoms. The minimum atomic E-state index is -5.08. The number of morpholine rings is 1. The lowest BCUT2D eigenvalue weighted by molar-refractivity contribution is -0.192. The number of carbonyl (C=O) groups is 2. The van der Waals surface area contributed by atoms with Gasteiger partial charge in [-0.1, -0.05) is 12.5 Å². The van der Waals surface area contributed by atoms with E-state index in [2.05, 4.69) is 4.98 Å². The van der Waals surface area contributed by atoms with E-state index in [-0.39, 0.29) is 11.5 Å². The van der Waals surface area contributed by atoms with Crippen molar-refractivity contribution in [1.29, 1.82) is 0 Å². The van der Waals surface area contributed by atoms with E-state index in [1.807, 2.05) is 23.1 Å². The average molecular weight is 470 g/mol. The van der Waals surface area contributed by atoms with Crippen LogP contribution in [-0.2, 0) is 20.9 Å². The summed E-state index contributed by atoms with van der Waals surface area (Å²) in [5.74, 6) is -2.13. The number of aliphatic carboxylic acids is 1. The maximum Gasteiger partial charge on any atom is 0.490 e. The molecular formula is C22H25F3N2O6. The third-order valence-electron chi connectivity index (χ3n) is 5.66. The second kappa shape index (κ2) is 10.8. The molecule has 4 rings (SSSR count). The van der Waals surface area contributed by atoms with Gasteiger partial charge in [0.2, 0.25) is 0 Å². The van der Waals surface area contributed by atoms with E-state index < -0.39 is 12.1 Å². The van der Waals surface area contributed by atoms with Crippen LogP contribution in [0.3, 0.4) is 0 Å². The van der Waals surface area contributed by atoms with Crippen molar-refractivity contribution in [2.24, 2.45) is 5.92 Å². The second-order valence-electron chi connectivity index (χ2n) is 7.85. The lowest BCUT2D eigenvalue weighted by atomic mass is 9.89. The first-order valence-electron chi connectivity index (χ1n) is 10.5. The van der Waals surface area contributed by atoms with Gasteiger partial charge in [0.25, 0.3) is 5.91 Å². The molecule has 2 fully saturated rings. The van der Waals surface area contributed by atoms with E-state index in [0.717, 1.165) is 25.0 Å². The maximum absolute atomic E-state index is 12.6. The number of alkyl halides is 3. The Labute approximate surface area is 188 Å². The maximum atomic E-state index is 12.6. The molecule has 0 unspecified atom stereocenters. The van der Waals surface area contributed by atoms with E-state index in [4.69, 9.17) is 23.8 Å². The predicted octanol–water partition coefficient (Wildman–Crippen LogP) is 3.54. The first-order valence-corrected chi connectivity index (χ1v) is 10.5. The van der Waals surface area contributed by atoms with Crippen molar-refractivity contribution < 1.29 is 41.8 Å². The fourth-order valence-electron chi connectivity index (χ4n) is 4.07. The molecule has 8 nitrogen and oxygen atoms in total. The van der Waals surface area contributed by atoms with Crippen molar-refractivity contribution >= 4 is 11.9 Å². The predicted molar refractivity (Wildman–Crippen MR) is 108 cm³/mol. The number of nitrogens with zero attached hydrogens (tertiary/aromatic N) is 2. The minimum Gasteiger partial charge on any atom is -0.475 e. The van der Waals surface area contributed by atoms with Crippen molar-refractivity contribution in [2.45, 2.75) is 37.6 Å². The van der Waals surface area contributed by atoms with Gasteiger partial charge < -0.3 is 23.9 Å². The summed E-state index contributed by atoms with van der Waals surface area (Å²) < 4.78 is 49.2. The Morgan fingerprint density at radius 1 is 1.27 bits per heavy atom. The molecular weight excluding hydrogens is 445 g/mol. The molecule has 2 aromatic rings. The zero-order chi connectivity index (χ0) is 23.9. The zero-order valence-electron chi connectivity index (χ0n) is 17.8. The van der Waals surface area contributed by atoms with Crippen LogP contribution in [0.2, 0.25) is 0 Å². The van der Waals surface area contributed by atoms with Gasteiger partial charge in [0.05, 0.1) is 43.9 Å². The molecule has 2 aliphatic rings. The number of carboxylic acid groups (broad SMARTS) is 1. The van der Waals surface area contributed by atoms with Crippen LogP contribution >= 0.6 is 0 Å². The summed E-state index contributed by atoms with van der Waals surface area (Å²) in [5, 5.41) is 7.12. The van der Waals surface area contributed by atoms with Crippen LogP contribution in [0.25, 0.3) is 0 Å². The van der Waals surface area contributed by atoms with Crippen LogP contribution in [0.1, 0.15) is 35.5 Å². The largest absolute Gasteiger partial charge is 0.490 e. The molecule has 0 radical (unpaired) electrons. The third kappa shape index (κ3) is 6.55. The van der Waals surface area contributed by atoms with Crippen LogP contribution in [0, 0.1) is 5.92 Å². The topological polar surface area (TPSA) is 102 Å². The molecule has 1 amide bonds. The highest BCUT2D eigenvalue weighted by atomic mass is 19.4. The van der Waals surface area contributed by atoms with E-state index in [9.17, 15) is 18.0 Å². The molecule has 1 aliphatic heterocycles. The van der Waals surface area contributed by atoms with Gasteiger partial charge >= 0.3 is 12.1 Å². The SMILES string of the molecule is O=C(O)C(F)(F)F.O=C(c1ccco1)N1CCO[C@]2(CCC[C@H]2COCc2ccccn2)C1. The van der Waals surface area contributed by atoms with Gasteiger partial charge in [0.15, 0.2) is 5.76 Å². The fourth-order valence-corrected chi connectivity index (χ4v) is 4.07. The molecule has 1 spiro atoms. The van der Waals surface area contributed by atoms with Crippen LogP contribution in [0.4, 0.5) is 13.2 Å². The van der Waals surface area contributed by atoms with Crippen molar-refractivity contribution in [3.05, 3.63) is 54.2 Å². The summed E-state index contributed by atoms with van der Waals surface area (Å²) in [6, 6.07) is 9.28. The third-order valence-corrected chi connectivity index (χ3v) is 5.66. The highest BCUT2D eigenvalue weighted by Gasteiger charge is 2.48. The summed E-state index contributed by atoms with van der Waals surface area (Å²) in [4.78, 5) is 27.7. The van der Waals surface area contributed by atoms with Crippen LogP contribution in [-0.4, -0.2) is 64.9 Å². The number of halogens is 3. The summed E-state index contributed by atoms with van der Waals surface area (Å²) in [6.45, 7) is 2.89. The van der Waals surface area contributed by atoms with Crippen molar-refractivity contribution in [2.75, 3.05) is 26.3 Å². The molecule has 0 bridgehead atoms. The molecule has 0 aromatic carbocycles. The van der Waals surface area contributed by atoms with Gasteiger partial charge in [-0.05, 0) is 37.1 Å². The van der Waals surface area contributed by atoms with Gasteiger partial charge in [-0.15, -0.1) is 0 Å². The van der Waals surface area contributed by atoms with E-state index in [1.165, 1.54) is 6.26 Å². The Morgan fingerprint density at radius 2 is 2.06 bits per heavy atom. The van der Waals surface area contributed by atoms with Crippen LogP contribution < -0.4 is 0 Å². The Hall–Kier alpha value is -2.92. The first-order chi connectivity index (χ1) is 15.7. The molecule has 180 valence electrons. The van der Waals surface area contributed by atoms with Crippen LogP contribution in [0.5, 0.6) is 0 Å². The van der Waals surface area contributed by atoms with Gasteiger partial charge in [-0.25, -0.2) is 4.79 Å². The minimum absolute atomic E-state index is 0.0577. The Morgan fingerprint density at radius 3 is 2.70 bits per heavy atom. The molecule has 2 atom stereocenters. The lowest BCUT2D eigenvalue weighted by Crippen LogP contribution is -2.56. The number of furan rings is 1. The van der Waals surface area contributed by atoms with E-state index in [0.29, 0.717) is 44.6 Å². The standard InChI is InChI=1S/C20H24N2O4.C2HF3O2/c23-19(18-7-4-11-25-18)22-10-12-26-20(15-22)8-3-5-16(20)13-24-14-17-6-1-2-9-21-17;3-2(4,5)1(6)7/h1-2,4,6-7,9,11,16H,3,5,8,10,12-15H2;(H,6,7)/t16-,20+;/m0./s1. The zero-order valence-corrected chi connectivity index (χ0v) is 17.8. The average Bonchev–Trinajstić information content (AvgIpc) is 3.45. The highest BCUT2D eigenvalue weighted by Crippen LogP contribution is 2.41. The summed E-state index contributed by atoms with van der Waals surface area (Å²) in [6.07, 6.45) is 1.35. The number of carboxylic acids is 1. The van der Waals surface area contributed by atoms with E-state index >= 15 is 0 Å². The molecule has 2 aromatic heterocycles. The van der Waals surface area contributed by atoms with Crippen molar-refractivity contribution in [3.8, 4) is 0 Å². The lowest BCUT2D eigenvalue weighted by Gasteiger charge is -2.43. The summed E-state index contributed by atoms with van der Waals surface area (Å²) in [5.41, 5.74) is 0.628. The van der Waals surface area contributed by atoms with Gasteiger partial charge in [0.1, 0.15) is 0 Å². The Kier molecular flexibility index (Phi) is 8.09. The summed E-state index contributed by atoms with van der Waals surface area (Å²) >= 11 is 0. The highest BCUT2D eigenvalue weighted by molar-refractivity contribution is 5.91. The monoisotopic (exact) mass is 470 g/mol. The number of hydrogen-bond donors (Lipinski definition) is 1. The molecule has 1 N–H and O–H groups in total. The molecule has 3 heterocycles. The van der Waals surface area contributed by atoms with Gasteiger partial charge in [-0.3, -0.25) is 9.78 Å². The first kappa shape index (κ1) is 24.7. The normalized spacial score (nSPS) is 22.6. The molecule has 33 heavy (non-hydrogen) atoms. The van der Waals surface area contributed by atoms with Crippen LogP contribution in [0.15, 0.2) is 47.2 Å². The molecule has 1 saturated carbocycles. The van der Waals surface area contributed by atoms with Gasteiger partial charge in [-0.2, -0.15) is 13.2 Å². The second-order valence-corrected chi connectivity index (χ2v) is 7.85. The number of amides is 1. The fraction of sp³-hybridized carbons (Fsp3) is 0.500. The van der Waals surface area contributed by atoms with E-state index in [1.54, 1.807) is 18.3 Å². The van der Waals surface area contributed by atoms with Crippen molar-refractivity contribution in [1.82, 2.24) is 9.88 Å². The smallest absolute Gasteiger partial charge is 0.475 e. The van der Waals surface area contributed by atoms with Crippen molar-refractivity contribution in [3.63, 3.8) is 0 Å². The number of pyridine rings is 1. The Bertz CT molecular complexity index is 907. The number of aromatic nitrogens is 1. The number of rotatable bonds is 5. The molecule has 1 saturated heterocycles. The molecule has 1 aliphatic carbocycles. The Balaban J connectivity index is 0.000000383.